The molecule has 0 heterocycles. The van der Waals surface area contributed by atoms with Gasteiger partial charge >= 0.3 is 0 Å². The molecule has 1 aliphatic rings. The fraction of sp³-hybridized carbons (Fsp3) is 1.00. The lowest BCUT2D eigenvalue weighted by Gasteiger charge is -2.31. The smallest absolute Gasteiger partial charge is 0.294 e. The molecule has 15 heavy (non-hydrogen) atoms. The number of hydrogen-bond donors (Lipinski definition) is 1. The molecule has 0 aliphatic heterocycles. The van der Waals surface area contributed by atoms with Crippen molar-refractivity contribution in [3.8, 4) is 0 Å². The molecule has 1 N–H and O–H groups in total. The van der Waals surface area contributed by atoms with Crippen molar-refractivity contribution in [1.29, 1.82) is 0 Å². The van der Waals surface area contributed by atoms with Gasteiger partial charge in [0.25, 0.3) is 5.09 Å². The van der Waals surface area contributed by atoms with Crippen LogP contribution in [0.1, 0.15) is 32.6 Å². The third-order valence-corrected chi connectivity index (χ3v) is 3.43. The molecule has 0 amide bonds. The van der Waals surface area contributed by atoms with Crippen molar-refractivity contribution >= 4 is 0 Å². The zero-order chi connectivity index (χ0) is 11.3. The van der Waals surface area contributed by atoms with E-state index in [9.17, 15) is 10.1 Å². The summed E-state index contributed by atoms with van der Waals surface area (Å²) in [5, 5.41) is 12.6. The van der Waals surface area contributed by atoms with E-state index in [1.165, 1.54) is 12.8 Å². The fourth-order valence-electron chi connectivity index (χ4n) is 2.29. The Morgan fingerprint density at radius 2 is 2.07 bits per heavy atom. The van der Waals surface area contributed by atoms with Crippen molar-refractivity contribution < 1.29 is 9.92 Å². The maximum Gasteiger partial charge on any atom is 0.294 e. The highest BCUT2D eigenvalue weighted by Crippen LogP contribution is 2.30. The van der Waals surface area contributed by atoms with Crippen LogP contribution in [0.4, 0.5) is 0 Å². The van der Waals surface area contributed by atoms with E-state index in [0.717, 1.165) is 12.8 Å². The number of nitrogens with one attached hydrogen (secondary N) is 1. The molecule has 0 saturated heterocycles. The van der Waals surface area contributed by atoms with E-state index in [4.69, 9.17) is 0 Å². The monoisotopic (exact) mass is 216 g/mol. The summed E-state index contributed by atoms with van der Waals surface area (Å²) in [6.07, 6.45) is 4.63. The van der Waals surface area contributed by atoms with Crippen LogP contribution in [-0.2, 0) is 4.84 Å². The lowest BCUT2D eigenvalue weighted by atomic mass is 9.79. The molecule has 5 nitrogen and oxygen atoms in total. The fourth-order valence-corrected chi connectivity index (χ4v) is 2.29. The van der Waals surface area contributed by atoms with Gasteiger partial charge in [-0.25, -0.2) is 0 Å². The Morgan fingerprint density at radius 1 is 1.47 bits per heavy atom. The zero-order valence-electron chi connectivity index (χ0n) is 9.44. The van der Waals surface area contributed by atoms with E-state index < -0.39 is 5.09 Å². The normalized spacial score (nSPS) is 28.4. The Hall–Kier alpha value is -0.840. The first-order chi connectivity index (χ1) is 7.13. The molecule has 1 saturated carbocycles. The average Bonchev–Trinajstić information content (AvgIpc) is 2.26. The van der Waals surface area contributed by atoms with Gasteiger partial charge in [-0.15, -0.1) is 10.1 Å². The SMILES string of the molecule is CNC1CCC(C(C)CO[N+](=O)[O-])CC1. The van der Waals surface area contributed by atoms with E-state index in [2.05, 4.69) is 10.2 Å². The molecule has 1 fully saturated rings. The van der Waals surface area contributed by atoms with E-state index >= 15 is 0 Å². The first kappa shape index (κ1) is 12.2. The van der Waals surface area contributed by atoms with Crippen molar-refractivity contribution in [3.63, 3.8) is 0 Å². The van der Waals surface area contributed by atoms with E-state index in [1.807, 2.05) is 14.0 Å². The lowest BCUT2D eigenvalue weighted by molar-refractivity contribution is -0.759. The molecule has 0 aromatic rings. The highest BCUT2D eigenvalue weighted by Gasteiger charge is 2.24. The van der Waals surface area contributed by atoms with Gasteiger partial charge in [0.1, 0.15) is 0 Å². The topological polar surface area (TPSA) is 64.4 Å². The van der Waals surface area contributed by atoms with Gasteiger partial charge in [0, 0.05) is 6.04 Å². The zero-order valence-corrected chi connectivity index (χ0v) is 9.44. The Kier molecular flexibility index (Phi) is 4.81. The summed E-state index contributed by atoms with van der Waals surface area (Å²) in [7, 11) is 1.99. The number of hydrogen-bond acceptors (Lipinski definition) is 4. The summed E-state index contributed by atoms with van der Waals surface area (Å²) in [4.78, 5) is 14.5. The minimum absolute atomic E-state index is 0.238. The maximum atomic E-state index is 10.1. The summed E-state index contributed by atoms with van der Waals surface area (Å²) in [5.41, 5.74) is 0. The molecule has 1 aliphatic carbocycles. The molecule has 1 rings (SSSR count). The summed E-state index contributed by atoms with van der Waals surface area (Å²) < 4.78 is 0. The molecule has 1 atom stereocenters. The molecule has 0 aromatic heterocycles. The van der Waals surface area contributed by atoms with Crippen LogP contribution >= 0.6 is 0 Å². The minimum Gasteiger partial charge on any atom is -0.317 e. The molecule has 5 heteroatoms. The highest BCUT2D eigenvalue weighted by molar-refractivity contribution is 4.78. The number of rotatable bonds is 5. The molecule has 0 bridgehead atoms. The number of nitrogens with zero attached hydrogens (tertiary/aromatic N) is 1. The molecule has 1 unspecified atom stereocenters. The van der Waals surface area contributed by atoms with Gasteiger partial charge < -0.3 is 10.2 Å². The van der Waals surface area contributed by atoms with Gasteiger partial charge in [-0.2, -0.15) is 0 Å². The van der Waals surface area contributed by atoms with Gasteiger partial charge in [-0.1, -0.05) is 6.92 Å². The van der Waals surface area contributed by atoms with Gasteiger partial charge in [-0.05, 0) is 44.6 Å². The van der Waals surface area contributed by atoms with Crippen LogP contribution in [0.15, 0.2) is 0 Å². The van der Waals surface area contributed by atoms with Gasteiger partial charge in [-0.3, -0.25) is 0 Å². The molecule has 0 aromatic carbocycles. The average molecular weight is 216 g/mol. The standard InChI is InChI=1S/C10H20N2O3/c1-8(7-15-12(13)14)9-3-5-10(11-2)6-4-9/h8-11H,3-7H2,1-2H3. The van der Waals surface area contributed by atoms with Crippen LogP contribution in [0.5, 0.6) is 0 Å². The molecule has 0 radical (unpaired) electrons. The van der Waals surface area contributed by atoms with Crippen molar-refractivity contribution in [2.24, 2.45) is 11.8 Å². The van der Waals surface area contributed by atoms with Crippen LogP contribution in [0.25, 0.3) is 0 Å². The first-order valence-electron chi connectivity index (χ1n) is 5.58. The highest BCUT2D eigenvalue weighted by atomic mass is 16.9. The third-order valence-electron chi connectivity index (χ3n) is 3.43. The van der Waals surface area contributed by atoms with Crippen molar-refractivity contribution in [2.75, 3.05) is 13.7 Å². The summed E-state index contributed by atoms with van der Waals surface area (Å²) in [6, 6.07) is 0.630. The van der Waals surface area contributed by atoms with Gasteiger partial charge in [0.15, 0.2) is 0 Å². The van der Waals surface area contributed by atoms with Crippen LogP contribution in [0.2, 0.25) is 0 Å². The van der Waals surface area contributed by atoms with Crippen LogP contribution in [0.3, 0.4) is 0 Å². The summed E-state index contributed by atoms with van der Waals surface area (Å²) in [6.45, 7) is 2.27. The van der Waals surface area contributed by atoms with Crippen LogP contribution in [0, 0.1) is 22.0 Å². The quantitative estimate of drug-likeness (QED) is 0.560. The third kappa shape index (κ3) is 4.03. The Morgan fingerprint density at radius 3 is 2.53 bits per heavy atom. The molecular formula is C10H20N2O3. The molecule has 88 valence electrons. The molecule has 0 spiro atoms. The second-order valence-electron chi connectivity index (χ2n) is 4.40. The van der Waals surface area contributed by atoms with E-state index in [1.54, 1.807) is 0 Å². The Balaban J connectivity index is 2.23. The Bertz CT molecular complexity index is 203. The van der Waals surface area contributed by atoms with Crippen molar-refractivity contribution in [1.82, 2.24) is 5.32 Å². The predicted octanol–water partition coefficient (Wildman–Crippen LogP) is 1.61. The second-order valence-corrected chi connectivity index (χ2v) is 4.40. The lowest BCUT2D eigenvalue weighted by Crippen LogP contribution is -2.32. The summed E-state index contributed by atoms with van der Waals surface area (Å²) in [5.74, 6) is 0.864. The predicted molar refractivity (Wildman–Crippen MR) is 56.9 cm³/mol. The van der Waals surface area contributed by atoms with Crippen molar-refractivity contribution in [3.05, 3.63) is 10.1 Å². The van der Waals surface area contributed by atoms with Gasteiger partial charge in [0.2, 0.25) is 0 Å². The largest absolute Gasteiger partial charge is 0.317 e. The van der Waals surface area contributed by atoms with Gasteiger partial charge in [0.05, 0.1) is 6.61 Å². The van der Waals surface area contributed by atoms with Crippen LogP contribution in [-0.4, -0.2) is 24.8 Å². The minimum atomic E-state index is -0.699. The first-order valence-corrected chi connectivity index (χ1v) is 5.58. The van der Waals surface area contributed by atoms with E-state index in [-0.39, 0.29) is 12.5 Å². The second kappa shape index (κ2) is 5.90. The maximum absolute atomic E-state index is 10.1. The van der Waals surface area contributed by atoms with Crippen LogP contribution < -0.4 is 5.32 Å². The Labute approximate surface area is 90.3 Å². The van der Waals surface area contributed by atoms with E-state index in [0.29, 0.717) is 12.0 Å². The van der Waals surface area contributed by atoms with Crippen molar-refractivity contribution in [2.45, 2.75) is 38.6 Å². The molecular weight excluding hydrogens is 196 g/mol. The summed E-state index contributed by atoms with van der Waals surface area (Å²) >= 11 is 0.